The van der Waals surface area contributed by atoms with E-state index in [0.717, 1.165) is 38.2 Å². The van der Waals surface area contributed by atoms with Crippen molar-refractivity contribution in [3.05, 3.63) is 21.0 Å². The Balaban J connectivity index is 1.81. The first-order chi connectivity index (χ1) is 10.1. The predicted molar refractivity (Wildman–Crippen MR) is 87.5 cm³/mol. The Bertz CT molecular complexity index is 567. The van der Waals surface area contributed by atoms with Crippen molar-refractivity contribution in [2.75, 3.05) is 18.0 Å². The van der Waals surface area contributed by atoms with Crippen LogP contribution >= 0.6 is 15.9 Å². The molecule has 1 aromatic rings. The molecule has 1 aliphatic heterocycles. The van der Waals surface area contributed by atoms with E-state index in [2.05, 4.69) is 32.9 Å². The molecule has 2 N–H and O–H groups in total. The third-order valence-electron chi connectivity index (χ3n) is 4.64. The van der Waals surface area contributed by atoms with Crippen molar-refractivity contribution in [1.29, 1.82) is 0 Å². The Morgan fingerprint density at radius 1 is 1.48 bits per heavy atom. The maximum atomic E-state index is 12.4. The summed E-state index contributed by atoms with van der Waals surface area (Å²) in [5, 5.41) is 4.37. The fourth-order valence-electron chi connectivity index (χ4n) is 3.01. The van der Waals surface area contributed by atoms with Gasteiger partial charge in [0.1, 0.15) is 4.47 Å². The smallest absolute Gasteiger partial charge is 0.283 e. The highest BCUT2D eigenvalue weighted by Gasteiger charge is 2.27. The van der Waals surface area contributed by atoms with Gasteiger partial charge in [0.25, 0.3) is 5.56 Å². The molecule has 1 saturated heterocycles. The van der Waals surface area contributed by atoms with E-state index in [4.69, 9.17) is 5.73 Å². The van der Waals surface area contributed by atoms with E-state index in [1.807, 2.05) is 6.20 Å². The van der Waals surface area contributed by atoms with Gasteiger partial charge in [0.15, 0.2) is 0 Å². The van der Waals surface area contributed by atoms with Gasteiger partial charge in [-0.15, -0.1) is 0 Å². The van der Waals surface area contributed by atoms with Crippen molar-refractivity contribution >= 4 is 21.6 Å². The number of anilines is 1. The molecule has 2 fully saturated rings. The molecule has 2 unspecified atom stereocenters. The first kappa shape index (κ1) is 15.0. The zero-order valence-electron chi connectivity index (χ0n) is 12.5. The summed E-state index contributed by atoms with van der Waals surface area (Å²) in [4.78, 5) is 14.7. The minimum atomic E-state index is -0.0117. The van der Waals surface area contributed by atoms with Crippen LogP contribution in [0.4, 0.5) is 5.69 Å². The molecular weight excluding hydrogens is 332 g/mol. The minimum absolute atomic E-state index is 0.0117. The van der Waals surface area contributed by atoms with Crippen LogP contribution in [-0.2, 0) is 6.54 Å². The van der Waals surface area contributed by atoms with Gasteiger partial charge in [0.05, 0.1) is 11.9 Å². The van der Waals surface area contributed by atoms with E-state index in [9.17, 15) is 4.79 Å². The first-order valence-electron chi connectivity index (χ1n) is 7.82. The molecule has 2 atom stereocenters. The third kappa shape index (κ3) is 3.31. The van der Waals surface area contributed by atoms with Crippen molar-refractivity contribution in [3.63, 3.8) is 0 Å². The highest BCUT2D eigenvalue weighted by atomic mass is 79.9. The Morgan fingerprint density at radius 2 is 2.24 bits per heavy atom. The summed E-state index contributed by atoms with van der Waals surface area (Å²) < 4.78 is 2.24. The fraction of sp³-hybridized carbons (Fsp3) is 0.733. The van der Waals surface area contributed by atoms with Crippen LogP contribution in [-0.4, -0.2) is 28.9 Å². The van der Waals surface area contributed by atoms with Crippen LogP contribution in [0, 0.1) is 11.8 Å². The third-order valence-corrected chi connectivity index (χ3v) is 5.38. The van der Waals surface area contributed by atoms with Gasteiger partial charge in [-0.1, -0.05) is 0 Å². The van der Waals surface area contributed by atoms with Crippen LogP contribution in [0.25, 0.3) is 0 Å². The molecule has 2 heterocycles. The van der Waals surface area contributed by atoms with E-state index in [1.54, 1.807) is 4.68 Å². The topological polar surface area (TPSA) is 64.2 Å². The van der Waals surface area contributed by atoms with Crippen molar-refractivity contribution in [2.24, 2.45) is 17.6 Å². The Hall–Kier alpha value is -0.880. The van der Waals surface area contributed by atoms with Crippen molar-refractivity contribution in [2.45, 2.75) is 45.2 Å². The molecule has 3 rings (SSSR count). The lowest BCUT2D eigenvalue weighted by atomic mass is 9.92. The molecular formula is C15H23BrN4O. The van der Waals surface area contributed by atoms with E-state index in [-0.39, 0.29) is 11.6 Å². The maximum Gasteiger partial charge on any atom is 0.283 e. The predicted octanol–water partition coefficient (Wildman–Crippen LogP) is 1.98. The van der Waals surface area contributed by atoms with Crippen molar-refractivity contribution < 1.29 is 0 Å². The first-order valence-corrected chi connectivity index (χ1v) is 8.61. The second-order valence-electron chi connectivity index (χ2n) is 6.48. The van der Waals surface area contributed by atoms with Gasteiger partial charge in [-0.3, -0.25) is 4.79 Å². The lowest BCUT2D eigenvalue weighted by molar-refractivity contribution is 0.363. The van der Waals surface area contributed by atoms with Crippen molar-refractivity contribution in [1.82, 2.24) is 9.78 Å². The lowest BCUT2D eigenvalue weighted by Gasteiger charge is -2.36. The highest BCUT2D eigenvalue weighted by Crippen LogP contribution is 2.31. The number of rotatable bonds is 4. The summed E-state index contributed by atoms with van der Waals surface area (Å²) in [6, 6.07) is 0.190. The van der Waals surface area contributed by atoms with Gasteiger partial charge in [-0.05, 0) is 60.4 Å². The standard InChI is InChI=1S/C15H23BrN4O/c1-10(17)12-3-2-6-19(9-12)13-7-18-20(8-11-4-5-11)15(21)14(13)16/h7,10-12H,2-6,8-9,17H2,1H3. The molecule has 0 bridgehead atoms. The minimum Gasteiger partial charge on any atom is -0.369 e. The molecule has 0 spiro atoms. The number of nitrogens with two attached hydrogens (primary N) is 1. The number of nitrogens with zero attached hydrogens (tertiary/aromatic N) is 3. The largest absolute Gasteiger partial charge is 0.369 e. The van der Waals surface area contributed by atoms with Crippen molar-refractivity contribution in [3.8, 4) is 0 Å². The van der Waals surface area contributed by atoms with E-state index in [1.165, 1.54) is 12.8 Å². The van der Waals surface area contributed by atoms with Crippen LogP contribution < -0.4 is 16.2 Å². The fourth-order valence-corrected chi connectivity index (χ4v) is 3.57. The van der Waals surface area contributed by atoms with Crippen LogP contribution in [0.1, 0.15) is 32.6 Å². The molecule has 1 saturated carbocycles. The number of hydrogen-bond donors (Lipinski definition) is 1. The lowest BCUT2D eigenvalue weighted by Crippen LogP contribution is -2.43. The quantitative estimate of drug-likeness (QED) is 0.897. The molecule has 21 heavy (non-hydrogen) atoms. The number of halogens is 1. The molecule has 2 aliphatic rings. The normalized spacial score (nSPS) is 24.1. The number of aromatic nitrogens is 2. The van der Waals surface area contributed by atoms with E-state index < -0.39 is 0 Å². The molecule has 0 amide bonds. The molecule has 5 nitrogen and oxygen atoms in total. The Kier molecular flexibility index (Phi) is 4.36. The van der Waals surface area contributed by atoms with E-state index in [0.29, 0.717) is 16.3 Å². The molecule has 1 aliphatic carbocycles. The summed E-state index contributed by atoms with van der Waals surface area (Å²) in [6.45, 7) is 4.69. The zero-order valence-corrected chi connectivity index (χ0v) is 14.1. The molecule has 0 radical (unpaired) electrons. The van der Waals surface area contributed by atoms with Gasteiger partial charge in [0, 0.05) is 25.7 Å². The number of piperidine rings is 1. The molecule has 6 heteroatoms. The average Bonchev–Trinajstić information content (AvgIpc) is 3.28. The molecule has 116 valence electrons. The van der Waals surface area contributed by atoms with Gasteiger partial charge in [-0.2, -0.15) is 5.10 Å². The summed E-state index contributed by atoms with van der Waals surface area (Å²) in [5.41, 5.74) is 6.94. The van der Waals surface area contributed by atoms with E-state index >= 15 is 0 Å². The summed E-state index contributed by atoms with van der Waals surface area (Å²) >= 11 is 3.49. The summed E-state index contributed by atoms with van der Waals surface area (Å²) in [5.74, 6) is 1.13. The van der Waals surface area contributed by atoms with Crippen LogP contribution in [0.2, 0.25) is 0 Å². The monoisotopic (exact) mass is 354 g/mol. The van der Waals surface area contributed by atoms with Crippen LogP contribution in [0.15, 0.2) is 15.5 Å². The SMILES string of the molecule is CC(N)C1CCCN(c2cnn(CC3CC3)c(=O)c2Br)C1. The van der Waals surface area contributed by atoms with Gasteiger partial charge in [0.2, 0.25) is 0 Å². The Labute approximate surface area is 133 Å². The second-order valence-corrected chi connectivity index (χ2v) is 7.27. The van der Waals surface area contributed by atoms with Gasteiger partial charge >= 0.3 is 0 Å². The van der Waals surface area contributed by atoms with Gasteiger partial charge in [-0.25, -0.2) is 4.68 Å². The number of hydrogen-bond acceptors (Lipinski definition) is 4. The Morgan fingerprint density at radius 3 is 2.90 bits per heavy atom. The van der Waals surface area contributed by atoms with Crippen LogP contribution in [0.5, 0.6) is 0 Å². The summed E-state index contributed by atoms with van der Waals surface area (Å²) in [6.07, 6.45) is 6.55. The maximum absolute atomic E-state index is 12.4. The average molecular weight is 355 g/mol. The molecule has 0 aromatic carbocycles. The zero-order chi connectivity index (χ0) is 15.0. The highest BCUT2D eigenvalue weighted by molar-refractivity contribution is 9.10. The van der Waals surface area contributed by atoms with Gasteiger partial charge < -0.3 is 10.6 Å². The summed E-state index contributed by atoms with van der Waals surface area (Å²) in [7, 11) is 0. The van der Waals surface area contributed by atoms with Crippen LogP contribution in [0.3, 0.4) is 0 Å². The second kappa shape index (κ2) is 6.08. The molecule has 1 aromatic heterocycles.